The van der Waals surface area contributed by atoms with Crippen LogP contribution < -0.4 is 0 Å². The molecule has 2 aromatic carbocycles. The van der Waals surface area contributed by atoms with Crippen LogP contribution >= 0.6 is 0 Å². The van der Waals surface area contributed by atoms with Crippen LogP contribution in [-0.2, 0) is 0 Å². The Morgan fingerprint density at radius 1 is 1.17 bits per heavy atom. The predicted molar refractivity (Wildman–Crippen MR) is 86.1 cm³/mol. The lowest BCUT2D eigenvalue weighted by molar-refractivity contribution is 0.0699. The molecule has 3 nitrogen and oxygen atoms in total. The minimum Gasteiger partial charge on any atom is -0.337 e. The SMILES string of the molecule is N#C[C@H]1CCCN(C(=O)c2ccccc2-c2ccc(F)cc2)C1. The van der Waals surface area contributed by atoms with Crippen LogP contribution in [-0.4, -0.2) is 23.9 Å². The summed E-state index contributed by atoms with van der Waals surface area (Å²) in [6, 6.07) is 15.7. The van der Waals surface area contributed by atoms with E-state index in [2.05, 4.69) is 6.07 Å². The first kappa shape index (κ1) is 15.2. The number of carbonyl (C=O) groups excluding carboxylic acids is 1. The van der Waals surface area contributed by atoms with Gasteiger partial charge in [-0.05, 0) is 42.2 Å². The predicted octanol–water partition coefficient (Wildman–Crippen LogP) is 3.87. The minimum absolute atomic E-state index is 0.0649. The third kappa shape index (κ3) is 3.24. The normalized spacial score (nSPS) is 17.6. The molecule has 2 aromatic rings. The molecule has 0 saturated carbocycles. The van der Waals surface area contributed by atoms with Gasteiger partial charge in [-0.25, -0.2) is 4.39 Å². The van der Waals surface area contributed by atoms with Crippen LogP contribution in [0.2, 0.25) is 0 Å². The van der Waals surface area contributed by atoms with Crippen LogP contribution in [0.15, 0.2) is 48.5 Å². The van der Waals surface area contributed by atoms with E-state index in [1.807, 2.05) is 18.2 Å². The van der Waals surface area contributed by atoms with Crippen LogP contribution in [0, 0.1) is 23.1 Å². The van der Waals surface area contributed by atoms with E-state index in [1.54, 1.807) is 23.1 Å². The molecule has 0 aliphatic carbocycles. The van der Waals surface area contributed by atoms with Crippen LogP contribution in [0.3, 0.4) is 0 Å². The molecule has 23 heavy (non-hydrogen) atoms. The molecule has 0 radical (unpaired) electrons. The maximum atomic E-state index is 13.1. The third-order valence-corrected chi connectivity index (χ3v) is 4.20. The van der Waals surface area contributed by atoms with Crippen molar-refractivity contribution in [1.29, 1.82) is 5.26 Å². The van der Waals surface area contributed by atoms with Gasteiger partial charge in [0.1, 0.15) is 5.82 Å². The Hall–Kier alpha value is -2.67. The molecule has 1 saturated heterocycles. The lowest BCUT2D eigenvalue weighted by Crippen LogP contribution is -2.39. The van der Waals surface area contributed by atoms with Gasteiger partial charge >= 0.3 is 0 Å². The molecule has 0 N–H and O–H groups in total. The lowest BCUT2D eigenvalue weighted by atomic mass is 9.96. The lowest BCUT2D eigenvalue weighted by Gasteiger charge is -2.30. The summed E-state index contributed by atoms with van der Waals surface area (Å²) in [5.74, 6) is -0.457. The van der Waals surface area contributed by atoms with Gasteiger partial charge in [0.15, 0.2) is 0 Å². The molecule has 1 fully saturated rings. The average Bonchev–Trinajstić information content (AvgIpc) is 2.62. The quantitative estimate of drug-likeness (QED) is 0.845. The summed E-state index contributed by atoms with van der Waals surface area (Å²) in [5, 5.41) is 9.10. The first-order valence-corrected chi connectivity index (χ1v) is 7.73. The fourth-order valence-corrected chi connectivity index (χ4v) is 2.99. The fourth-order valence-electron chi connectivity index (χ4n) is 2.99. The number of piperidine rings is 1. The molecule has 1 aliphatic heterocycles. The first-order valence-electron chi connectivity index (χ1n) is 7.73. The van der Waals surface area contributed by atoms with Gasteiger partial charge in [-0.3, -0.25) is 4.79 Å². The number of halogens is 1. The van der Waals surface area contributed by atoms with Crippen molar-refractivity contribution in [2.24, 2.45) is 5.92 Å². The van der Waals surface area contributed by atoms with E-state index in [0.717, 1.165) is 24.0 Å². The van der Waals surface area contributed by atoms with Crippen molar-refractivity contribution in [3.63, 3.8) is 0 Å². The second-order valence-corrected chi connectivity index (χ2v) is 5.77. The molecule has 0 spiro atoms. The van der Waals surface area contributed by atoms with E-state index in [9.17, 15) is 9.18 Å². The fraction of sp³-hybridized carbons (Fsp3) is 0.263. The van der Waals surface area contributed by atoms with Gasteiger partial charge in [0.05, 0.1) is 12.0 Å². The number of amides is 1. The van der Waals surface area contributed by atoms with Gasteiger partial charge in [0, 0.05) is 18.7 Å². The second kappa shape index (κ2) is 6.62. The smallest absolute Gasteiger partial charge is 0.254 e. The maximum absolute atomic E-state index is 13.1. The van der Waals surface area contributed by atoms with Gasteiger partial charge in [-0.15, -0.1) is 0 Å². The number of hydrogen-bond acceptors (Lipinski definition) is 2. The highest BCUT2D eigenvalue weighted by Crippen LogP contribution is 2.26. The van der Waals surface area contributed by atoms with E-state index in [4.69, 9.17) is 5.26 Å². The van der Waals surface area contributed by atoms with E-state index >= 15 is 0 Å². The Morgan fingerprint density at radius 3 is 2.65 bits per heavy atom. The van der Waals surface area contributed by atoms with Crippen LogP contribution in [0.1, 0.15) is 23.2 Å². The third-order valence-electron chi connectivity index (χ3n) is 4.20. The molecule has 0 bridgehead atoms. The zero-order valence-electron chi connectivity index (χ0n) is 12.7. The molecule has 3 rings (SSSR count). The Bertz CT molecular complexity index is 749. The second-order valence-electron chi connectivity index (χ2n) is 5.77. The highest BCUT2D eigenvalue weighted by molar-refractivity contribution is 6.01. The van der Waals surface area contributed by atoms with Crippen molar-refractivity contribution < 1.29 is 9.18 Å². The minimum atomic E-state index is -0.301. The van der Waals surface area contributed by atoms with Crippen molar-refractivity contribution in [3.8, 4) is 17.2 Å². The monoisotopic (exact) mass is 308 g/mol. The number of nitrogens with zero attached hydrogens (tertiary/aromatic N) is 2. The maximum Gasteiger partial charge on any atom is 0.254 e. The summed E-state index contributed by atoms with van der Waals surface area (Å²) in [7, 11) is 0. The summed E-state index contributed by atoms with van der Waals surface area (Å²) >= 11 is 0. The van der Waals surface area contributed by atoms with Crippen molar-refractivity contribution in [1.82, 2.24) is 4.90 Å². The van der Waals surface area contributed by atoms with Crippen molar-refractivity contribution >= 4 is 5.91 Å². The molecule has 1 heterocycles. The summed E-state index contributed by atoms with van der Waals surface area (Å²) in [6.45, 7) is 1.15. The summed E-state index contributed by atoms with van der Waals surface area (Å²) < 4.78 is 13.1. The highest BCUT2D eigenvalue weighted by Gasteiger charge is 2.25. The van der Waals surface area contributed by atoms with Gasteiger partial charge in [0.25, 0.3) is 5.91 Å². The molecule has 1 aliphatic rings. The van der Waals surface area contributed by atoms with Crippen molar-refractivity contribution in [3.05, 3.63) is 59.9 Å². The van der Waals surface area contributed by atoms with Gasteiger partial charge < -0.3 is 4.90 Å². The molecule has 116 valence electrons. The number of carbonyl (C=O) groups is 1. The Balaban J connectivity index is 1.92. The van der Waals surface area contributed by atoms with E-state index in [1.165, 1.54) is 12.1 Å². The first-order chi connectivity index (χ1) is 11.2. The number of likely N-dealkylation sites (tertiary alicyclic amines) is 1. The largest absolute Gasteiger partial charge is 0.337 e. The molecule has 0 unspecified atom stereocenters. The number of benzene rings is 2. The molecule has 0 aromatic heterocycles. The van der Waals surface area contributed by atoms with Gasteiger partial charge in [-0.1, -0.05) is 30.3 Å². The van der Waals surface area contributed by atoms with Crippen LogP contribution in [0.5, 0.6) is 0 Å². The van der Waals surface area contributed by atoms with Crippen molar-refractivity contribution in [2.45, 2.75) is 12.8 Å². The number of rotatable bonds is 2. The molecular weight excluding hydrogens is 291 g/mol. The van der Waals surface area contributed by atoms with Crippen LogP contribution in [0.25, 0.3) is 11.1 Å². The zero-order valence-corrected chi connectivity index (χ0v) is 12.7. The highest BCUT2D eigenvalue weighted by atomic mass is 19.1. The molecule has 1 atom stereocenters. The molecule has 1 amide bonds. The summed E-state index contributed by atoms with van der Waals surface area (Å²) in [4.78, 5) is 14.6. The van der Waals surface area contributed by atoms with E-state index in [-0.39, 0.29) is 17.6 Å². The standard InChI is InChI=1S/C19H17FN2O/c20-16-9-7-15(8-10-16)17-5-1-2-6-18(17)19(23)22-11-3-4-14(12-21)13-22/h1-2,5-10,14H,3-4,11,13H2/t14-/m1/s1. The Morgan fingerprint density at radius 2 is 1.91 bits per heavy atom. The zero-order chi connectivity index (χ0) is 16.2. The van der Waals surface area contributed by atoms with Crippen LogP contribution in [0.4, 0.5) is 4.39 Å². The number of hydrogen-bond donors (Lipinski definition) is 0. The molecular formula is C19H17FN2O. The van der Waals surface area contributed by atoms with Gasteiger partial charge in [-0.2, -0.15) is 5.26 Å². The molecule has 4 heteroatoms. The van der Waals surface area contributed by atoms with Crippen molar-refractivity contribution in [2.75, 3.05) is 13.1 Å². The summed E-state index contributed by atoms with van der Waals surface area (Å²) in [5.41, 5.74) is 2.19. The number of nitriles is 1. The van der Waals surface area contributed by atoms with E-state index < -0.39 is 0 Å². The Labute approximate surface area is 135 Å². The van der Waals surface area contributed by atoms with E-state index in [0.29, 0.717) is 18.7 Å². The average molecular weight is 308 g/mol. The Kier molecular flexibility index (Phi) is 4.38. The van der Waals surface area contributed by atoms with Gasteiger partial charge in [0.2, 0.25) is 0 Å². The summed E-state index contributed by atoms with van der Waals surface area (Å²) in [6.07, 6.45) is 1.70. The topological polar surface area (TPSA) is 44.1 Å².